The lowest BCUT2D eigenvalue weighted by Crippen LogP contribution is -2.29. The number of nitro benzene ring substituents is 1. The first-order valence-corrected chi connectivity index (χ1v) is 4.86. The first-order valence-electron chi connectivity index (χ1n) is 4.86. The van der Waals surface area contributed by atoms with E-state index in [0.29, 0.717) is 0 Å². The Balaban J connectivity index is 0.00000144. The average Bonchev–Trinajstić information content (AvgIpc) is 2.95. The second-order valence-corrected chi connectivity index (χ2v) is 4.02. The highest BCUT2D eigenvalue weighted by Crippen LogP contribution is 2.33. The summed E-state index contributed by atoms with van der Waals surface area (Å²) in [5, 5.41) is 10.5. The summed E-state index contributed by atoms with van der Waals surface area (Å²) >= 11 is 0. The van der Waals surface area contributed by atoms with E-state index in [9.17, 15) is 14.5 Å². The van der Waals surface area contributed by atoms with Gasteiger partial charge in [0.15, 0.2) is 11.6 Å². The zero-order chi connectivity index (χ0) is 11.8. The summed E-state index contributed by atoms with van der Waals surface area (Å²) in [6, 6.07) is 3.18. The first-order chi connectivity index (χ1) is 7.50. The minimum atomic E-state index is -0.616. The lowest BCUT2D eigenvalue weighted by Gasteiger charge is -2.11. The largest absolute Gasteiger partial charge is 0.488 e. The molecule has 1 saturated carbocycles. The third-order valence-electron chi connectivity index (χ3n) is 2.53. The fourth-order valence-corrected chi connectivity index (χ4v) is 1.24. The highest BCUT2D eigenvalue weighted by molar-refractivity contribution is 5.85. The maximum absolute atomic E-state index is 13.2. The van der Waals surface area contributed by atoms with E-state index in [4.69, 9.17) is 10.5 Å². The van der Waals surface area contributed by atoms with Gasteiger partial charge in [-0.3, -0.25) is 10.1 Å². The van der Waals surface area contributed by atoms with Crippen LogP contribution in [0.25, 0.3) is 0 Å². The highest BCUT2D eigenvalue weighted by Gasteiger charge is 2.39. The van der Waals surface area contributed by atoms with Gasteiger partial charge in [0.2, 0.25) is 0 Å². The average molecular weight is 263 g/mol. The standard InChI is InChI=1S/C10H11FN2O3.ClH/c11-8-2-1-7(13(14)15)5-9(8)16-6-10(12)3-4-10;/h1-2,5H,3-4,6,12H2;1H. The van der Waals surface area contributed by atoms with Gasteiger partial charge in [-0.2, -0.15) is 0 Å². The van der Waals surface area contributed by atoms with Crippen LogP contribution in [0, 0.1) is 15.9 Å². The van der Waals surface area contributed by atoms with Crippen molar-refractivity contribution in [1.29, 1.82) is 0 Å². The van der Waals surface area contributed by atoms with E-state index in [1.165, 1.54) is 0 Å². The molecule has 0 radical (unpaired) electrons. The Morgan fingerprint density at radius 1 is 1.53 bits per heavy atom. The van der Waals surface area contributed by atoms with Crippen molar-refractivity contribution in [3.8, 4) is 5.75 Å². The number of halogens is 2. The Kier molecular flexibility index (Phi) is 3.90. The maximum Gasteiger partial charge on any atom is 0.273 e. The molecule has 1 fully saturated rings. The van der Waals surface area contributed by atoms with E-state index in [-0.39, 0.29) is 36.0 Å². The van der Waals surface area contributed by atoms with Crippen molar-refractivity contribution >= 4 is 18.1 Å². The number of nitrogens with zero attached hydrogens (tertiary/aromatic N) is 1. The summed E-state index contributed by atoms with van der Waals surface area (Å²) < 4.78 is 18.4. The monoisotopic (exact) mass is 262 g/mol. The van der Waals surface area contributed by atoms with E-state index >= 15 is 0 Å². The molecule has 0 saturated heterocycles. The second-order valence-electron chi connectivity index (χ2n) is 4.02. The van der Waals surface area contributed by atoms with Crippen molar-refractivity contribution in [2.24, 2.45) is 5.73 Å². The maximum atomic E-state index is 13.2. The molecule has 0 spiro atoms. The van der Waals surface area contributed by atoms with Crippen molar-refractivity contribution in [2.45, 2.75) is 18.4 Å². The minimum Gasteiger partial charge on any atom is -0.488 e. The molecule has 0 atom stereocenters. The molecule has 1 aromatic carbocycles. The van der Waals surface area contributed by atoms with Crippen molar-refractivity contribution in [3.05, 3.63) is 34.1 Å². The van der Waals surface area contributed by atoms with Crippen molar-refractivity contribution < 1.29 is 14.1 Å². The lowest BCUT2D eigenvalue weighted by molar-refractivity contribution is -0.385. The zero-order valence-corrected chi connectivity index (χ0v) is 9.71. The summed E-state index contributed by atoms with van der Waals surface area (Å²) in [5.74, 6) is -0.735. The molecule has 1 aliphatic rings. The first kappa shape index (κ1) is 13.7. The number of nitro groups is 1. The smallest absolute Gasteiger partial charge is 0.273 e. The topological polar surface area (TPSA) is 78.4 Å². The van der Waals surface area contributed by atoms with Gasteiger partial charge in [0.1, 0.15) is 6.61 Å². The zero-order valence-electron chi connectivity index (χ0n) is 8.89. The molecule has 0 heterocycles. The van der Waals surface area contributed by atoms with E-state index in [1.807, 2.05) is 0 Å². The third-order valence-corrected chi connectivity index (χ3v) is 2.53. The third kappa shape index (κ3) is 3.28. The van der Waals surface area contributed by atoms with Crippen LogP contribution in [-0.2, 0) is 0 Å². The molecule has 1 aliphatic carbocycles. The van der Waals surface area contributed by atoms with E-state index in [0.717, 1.165) is 31.0 Å². The number of nitrogens with two attached hydrogens (primary N) is 1. The molecule has 94 valence electrons. The van der Waals surface area contributed by atoms with Gasteiger partial charge < -0.3 is 10.5 Å². The molecule has 0 aliphatic heterocycles. The molecular weight excluding hydrogens is 251 g/mol. The van der Waals surface area contributed by atoms with Crippen LogP contribution < -0.4 is 10.5 Å². The van der Waals surface area contributed by atoms with Crippen LogP contribution in [0.4, 0.5) is 10.1 Å². The second kappa shape index (κ2) is 4.85. The quantitative estimate of drug-likeness (QED) is 0.665. The van der Waals surface area contributed by atoms with E-state index in [2.05, 4.69) is 0 Å². The number of non-ortho nitro benzene ring substituents is 1. The number of benzene rings is 1. The molecular formula is C10H12ClFN2O3. The van der Waals surface area contributed by atoms with Gasteiger partial charge in [-0.1, -0.05) is 0 Å². The van der Waals surface area contributed by atoms with Crippen LogP contribution in [0.5, 0.6) is 5.75 Å². The molecule has 7 heteroatoms. The molecule has 0 amide bonds. The van der Waals surface area contributed by atoms with Crippen LogP contribution in [-0.4, -0.2) is 17.1 Å². The Bertz CT molecular complexity index is 438. The fourth-order valence-electron chi connectivity index (χ4n) is 1.24. The summed E-state index contributed by atoms with van der Waals surface area (Å²) in [4.78, 5) is 9.89. The van der Waals surface area contributed by atoms with Crippen LogP contribution in [0.2, 0.25) is 0 Å². The van der Waals surface area contributed by atoms with Gasteiger partial charge in [0.25, 0.3) is 5.69 Å². The van der Waals surface area contributed by atoms with E-state index in [1.54, 1.807) is 0 Å². The molecule has 0 unspecified atom stereocenters. The Hall–Kier alpha value is -1.40. The van der Waals surface area contributed by atoms with Crippen molar-refractivity contribution in [1.82, 2.24) is 0 Å². The van der Waals surface area contributed by atoms with Gasteiger partial charge in [0, 0.05) is 6.07 Å². The van der Waals surface area contributed by atoms with Crippen molar-refractivity contribution in [2.75, 3.05) is 6.61 Å². The van der Waals surface area contributed by atoms with Crippen LogP contribution in [0.1, 0.15) is 12.8 Å². The Morgan fingerprint density at radius 3 is 2.71 bits per heavy atom. The van der Waals surface area contributed by atoms with Gasteiger partial charge in [-0.05, 0) is 18.9 Å². The summed E-state index contributed by atoms with van der Waals surface area (Å²) in [6.07, 6.45) is 1.67. The van der Waals surface area contributed by atoms with E-state index < -0.39 is 10.7 Å². The molecule has 0 bridgehead atoms. The normalized spacial score (nSPS) is 15.9. The van der Waals surface area contributed by atoms with Crippen LogP contribution in [0.15, 0.2) is 18.2 Å². The number of ether oxygens (including phenoxy) is 1. The molecule has 17 heavy (non-hydrogen) atoms. The number of hydrogen-bond acceptors (Lipinski definition) is 4. The summed E-state index contributed by atoms with van der Waals surface area (Å²) in [5.41, 5.74) is 5.19. The number of rotatable bonds is 4. The number of hydrogen-bond donors (Lipinski definition) is 1. The summed E-state index contributed by atoms with van der Waals surface area (Å²) in [7, 11) is 0. The Morgan fingerprint density at radius 2 is 2.18 bits per heavy atom. The van der Waals surface area contributed by atoms with Gasteiger partial charge in [-0.25, -0.2) is 4.39 Å². The highest BCUT2D eigenvalue weighted by atomic mass is 35.5. The minimum absolute atomic E-state index is 0. The molecule has 2 N–H and O–H groups in total. The van der Waals surface area contributed by atoms with Gasteiger partial charge >= 0.3 is 0 Å². The molecule has 2 rings (SSSR count). The van der Waals surface area contributed by atoms with Gasteiger partial charge in [0.05, 0.1) is 16.5 Å². The summed E-state index contributed by atoms with van der Waals surface area (Å²) in [6.45, 7) is 0.186. The lowest BCUT2D eigenvalue weighted by atomic mass is 10.3. The Labute approximate surface area is 103 Å². The molecule has 1 aromatic rings. The van der Waals surface area contributed by atoms with Crippen LogP contribution >= 0.6 is 12.4 Å². The molecule has 0 aromatic heterocycles. The fraction of sp³-hybridized carbons (Fsp3) is 0.400. The van der Waals surface area contributed by atoms with Crippen LogP contribution in [0.3, 0.4) is 0 Å². The predicted molar refractivity (Wildman–Crippen MR) is 61.9 cm³/mol. The predicted octanol–water partition coefficient (Wildman–Crippen LogP) is 2.03. The van der Waals surface area contributed by atoms with Gasteiger partial charge in [-0.15, -0.1) is 12.4 Å². The SMILES string of the molecule is Cl.NC1(COc2cc([N+](=O)[O-])ccc2F)CC1. The molecule has 5 nitrogen and oxygen atoms in total. The van der Waals surface area contributed by atoms with Crippen molar-refractivity contribution in [3.63, 3.8) is 0 Å².